The highest BCUT2D eigenvalue weighted by Crippen LogP contribution is 2.35. The maximum Gasteiger partial charge on any atom is 0.247 e. The van der Waals surface area contributed by atoms with Crippen LogP contribution in [0.3, 0.4) is 0 Å². The summed E-state index contributed by atoms with van der Waals surface area (Å²) in [6.45, 7) is 3.10. The van der Waals surface area contributed by atoms with Crippen molar-refractivity contribution in [3.8, 4) is 11.3 Å². The molecule has 1 saturated heterocycles. The van der Waals surface area contributed by atoms with Crippen molar-refractivity contribution < 1.29 is 17.2 Å². The molecular formula is C20H17Br2F2N3O2S2. The largest absolute Gasteiger partial charge is 0.345 e. The quantitative estimate of drug-likeness (QED) is 0.379. The normalized spacial score (nSPS) is 15.5. The lowest BCUT2D eigenvalue weighted by atomic mass is 10.1. The Morgan fingerprint density at radius 3 is 2.35 bits per heavy atom. The molecule has 0 unspecified atom stereocenters. The highest BCUT2D eigenvalue weighted by Gasteiger charge is 2.35. The number of anilines is 1. The molecule has 2 aromatic carbocycles. The Morgan fingerprint density at radius 1 is 1.06 bits per heavy atom. The van der Waals surface area contributed by atoms with Crippen molar-refractivity contribution in [1.29, 1.82) is 0 Å². The lowest BCUT2D eigenvalue weighted by molar-refractivity contribution is 0.381. The van der Waals surface area contributed by atoms with Crippen LogP contribution in [0.2, 0.25) is 0 Å². The van der Waals surface area contributed by atoms with Gasteiger partial charge in [0.2, 0.25) is 10.0 Å². The number of nitrogens with zero attached hydrogens (tertiary/aromatic N) is 3. The minimum Gasteiger partial charge on any atom is -0.345 e. The Labute approximate surface area is 200 Å². The number of halogens is 4. The fraction of sp³-hybridized carbons (Fsp3) is 0.250. The van der Waals surface area contributed by atoms with E-state index >= 15 is 0 Å². The van der Waals surface area contributed by atoms with Crippen molar-refractivity contribution in [3.05, 3.63) is 61.9 Å². The summed E-state index contributed by atoms with van der Waals surface area (Å²) < 4.78 is 55.2. The molecule has 0 bridgehead atoms. The van der Waals surface area contributed by atoms with Gasteiger partial charge in [0.05, 0.1) is 14.6 Å². The SMILES string of the molecule is Cc1ccc(-c2csc(N3CCN(S(=O)(=O)c4c(F)c(Br)cc(F)c4Br)CC3)n2)cc1. The van der Waals surface area contributed by atoms with Gasteiger partial charge in [-0.05, 0) is 44.8 Å². The van der Waals surface area contributed by atoms with Crippen LogP contribution >= 0.6 is 43.2 Å². The predicted octanol–water partition coefficient (Wildman–Crippen LogP) is 5.43. The first-order valence-electron chi connectivity index (χ1n) is 9.29. The highest BCUT2D eigenvalue weighted by atomic mass is 79.9. The van der Waals surface area contributed by atoms with E-state index in [1.54, 1.807) is 0 Å². The average molecular weight is 593 g/mol. The van der Waals surface area contributed by atoms with E-state index in [-0.39, 0.29) is 17.6 Å². The molecule has 0 amide bonds. The number of benzene rings is 2. The Kier molecular flexibility index (Phi) is 6.51. The molecule has 0 radical (unpaired) electrons. The van der Waals surface area contributed by atoms with Gasteiger partial charge in [-0.1, -0.05) is 29.8 Å². The first-order valence-corrected chi connectivity index (χ1v) is 13.2. The van der Waals surface area contributed by atoms with Gasteiger partial charge in [-0.25, -0.2) is 22.2 Å². The second-order valence-corrected chi connectivity index (χ2v) is 11.4. The summed E-state index contributed by atoms with van der Waals surface area (Å²) in [4.78, 5) is 5.99. The average Bonchev–Trinajstić information content (AvgIpc) is 3.23. The van der Waals surface area contributed by atoms with Crippen LogP contribution in [0.5, 0.6) is 0 Å². The van der Waals surface area contributed by atoms with Crippen LogP contribution in [0, 0.1) is 18.6 Å². The highest BCUT2D eigenvalue weighted by molar-refractivity contribution is 9.11. The molecule has 0 aliphatic carbocycles. The third kappa shape index (κ3) is 4.43. The third-order valence-electron chi connectivity index (χ3n) is 5.02. The van der Waals surface area contributed by atoms with E-state index in [4.69, 9.17) is 0 Å². The number of piperazine rings is 1. The lowest BCUT2D eigenvalue weighted by Gasteiger charge is -2.34. The van der Waals surface area contributed by atoms with Crippen LogP contribution < -0.4 is 4.90 Å². The van der Waals surface area contributed by atoms with Crippen molar-refractivity contribution in [2.45, 2.75) is 11.8 Å². The second-order valence-electron chi connectivity index (χ2n) is 7.07. The molecule has 1 aromatic heterocycles. The van der Waals surface area contributed by atoms with Crippen LogP contribution in [0.25, 0.3) is 11.3 Å². The van der Waals surface area contributed by atoms with Crippen molar-refractivity contribution in [3.63, 3.8) is 0 Å². The van der Waals surface area contributed by atoms with Crippen LogP contribution in [0.15, 0.2) is 49.6 Å². The summed E-state index contributed by atoms with van der Waals surface area (Å²) >= 11 is 7.26. The first kappa shape index (κ1) is 22.8. The minimum atomic E-state index is -4.22. The Balaban J connectivity index is 1.51. The van der Waals surface area contributed by atoms with Gasteiger partial charge in [-0.15, -0.1) is 11.3 Å². The maximum atomic E-state index is 14.6. The molecule has 31 heavy (non-hydrogen) atoms. The zero-order valence-electron chi connectivity index (χ0n) is 16.3. The molecular weight excluding hydrogens is 576 g/mol. The Morgan fingerprint density at radius 2 is 1.71 bits per heavy atom. The summed E-state index contributed by atoms with van der Waals surface area (Å²) in [5.41, 5.74) is 3.06. The fourth-order valence-corrected chi connectivity index (χ4v) is 7.18. The summed E-state index contributed by atoms with van der Waals surface area (Å²) in [5.74, 6) is -1.87. The van der Waals surface area contributed by atoms with Crippen molar-refractivity contribution in [2.75, 3.05) is 31.1 Å². The summed E-state index contributed by atoms with van der Waals surface area (Å²) in [5, 5.41) is 2.77. The predicted molar refractivity (Wildman–Crippen MR) is 125 cm³/mol. The molecule has 164 valence electrons. The zero-order valence-corrected chi connectivity index (χ0v) is 21.1. The van der Waals surface area contributed by atoms with E-state index in [0.29, 0.717) is 13.1 Å². The van der Waals surface area contributed by atoms with Gasteiger partial charge in [-0.2, -0.15) is 4.31 Å². The molecule has 1 aliphatic rings. The topological polar surface area (TPSA) is 53.5 Å². The molecule has 1 aliphatic heterocycles. The summed E-state index contributed by atoms with van der Waals surface area (Å²) in [7, 11) is -4.22. The monoisotopic (exact) mass is 591 g/mol. The molecule has 3 aromatic rings. The van der Waals surface area contributed by atoms with E-state index < -0.39 is 31.0 Å². The van der Waals surface area contributed by atoms with Crippen molar-refractivity contribution in [1.82, 2.24) is 9.29 Å². The standard InChI is InChI=1S/C20H17Br2F2N3O2S2/c1-12-2-4-13(5-3-12)16-11-30-20(25-16)26-6-8-27(9-7-26)31(28,29)19-17(22)15(23)10-14(21)18(19)24/h2-5,10-11H,6-9H2,1H3. The molecule has 0 spiro atoms. The summed E-state index contributed by atoms with van der Waals surface area (Å²) in [6, 6.07) is 8.98. The molecule has 2 heterocycles. The van der Waals surface area contributed by atoms with Crippen molar-refractivity contribution in [2.24, 2.45) is 0 Å². The molecule has 0 atom stereocenters. The lowest BCUT2D eigenvalue weighted by Crippen LogP contribution is -2.48. The molecule has 0 N–H and O–H groups in total. The number of thiazole rings is 1. The van der Waals surface area contributed by atoms with E-state index in [1.807, 2.05) is 41.5 Å². The summed E-state index contributed by atoms with van der Waals surface area (Å²) in [6.07, 6.45) is 0. The third-order valence-corrected chi connectivity index (χ3v) is 9.48. The smallest absolute Gasteiger partial charge is 0.247 e. The Bertz CT molecular complexity index is 1200. The number of aromatic nitrogens is 1. The minimum absolute atomic E-state index is 0.141. The van der Waals surface area contributed by atoms with Gasteiger partial charge < -0.3 is 4.90 Å². The Hall–Kier alpha value is -1.40. The number of sulfonamides is 1. The van der Waals surface area contributed by atoms with Crippen LogP contribution in [-0.4, -0.2) is 43.9 Å². The first-order chi connectivity index (χ1) is 14.7. The van der Waals surface area contributed by atoms with Crippen molar-refractivity contribution >= 4 is 58.4 Å². The van der Waals surface area contributed by atoms with Crippen LogP contribution in [0.1, 0.15) is 5.56 Å². The molecule has 4 rings (SSSR count). The second kappa shape index (κ2) is 8.86. The van der Waals surface area contributed by atoms with E-state index in [1.165, 1.54) is 21.2 Å². The number of hydrogen-bond acceptors (Lipinski definition) is 5. The molecule has 11 heteroatoms. The van der Waals surface area contributed by atoms with E-state index in [2.05, 4.69) is 36.8 Å². The van der Waals surface area contributed by atoms with E-state index in [9.17, 15) is 17.2 Å². The molecule has 5 nitrogen and oxygen atoms in total. The number of rotatable bonds is 4. The van der Waals surface area contributed by atoms with Crippen LogP contribution in [-0.2, 0) is 10.0 Å². The van der Waals surface area contributed by atoms with Gasteiger partial charge in [0.1, 0.15) is 10.7 Å². The fourth-order valence-electron chi connectivity index (χ4n) is 3.29. The molecule has 0 saturated carbocycles. The van der Waals surface area contributed by atoms with Gasteiger partial charge in [0, 0.05) is 37.1 Å². The maximum absolute atomic E-state index is 14.6. The van der Waals surface area contributed by atoms with Gasteiger partial charge in [-0.3, -0.25) is 0 Å². The van der Waals surface area contributed by atoms with Gasteiger partial charge >= 0.3 is 0 Å². The van der Waals surface area contributed by atoms with Gasteiger partial charge in [0.25, 0.3) is 0 Å². The number of hydrogen-bond donors (Lipinski definition) is 0. The molecule has 1 fully saturated rings. The zero-order chi connectivity index (χ0) is 22.3. The van der Waals surface area contributed by atoms with Gasteiger partial charge in [0.15, 0.2) is 10.9 Å². The van der Waals surface area contributed by atoms with Crippen LogP contribution in [0.4, 0.5) is 13.9 Å². The number of aryl methyl sites for hydroxylation is 1. The van der Waals surface area contributed by atoms with E-state index in [0.717, 1.165) is 22.5 Å².